The van der Waals surface area contributed by atoms with Crippen LogP contribution in [0.25, 0.3) is 0 Å². The molecule has 0 aromatic heterocycles. The van der Waals surface area contributed by atoms with E-state index in [0.717, 1.165) is 0 Å². The average molecular weight is 128 g/mol. The summed E-state index contributed by atoms with van der Waals surface area (Å²) in [5.41, 5.74) is 6.58. The summed E-state index contributed by atoms with van der Waals surface area (Å²) in [6, 6.07) is 0. The maximum absolute atomic E-state index is 8.54. The van der Waals surface area contributed by atoms with Crippen LogP contribution in [-0.2, 0) is 0 Å². The second-order valence-electron chi connectivity index (χ2n) is 1.76. The van der Waals surface area contributed by atoms with E-state index in [4.69, 9.17) is 10.8 Å². The third-order valence-corrected chi connectivity index (χ3v) is 0.843. The second kappa shape index (κ2) is 4.09. The fourth-order valence-electron chi connectivity index (χ4n) is 0.444. The maximum atomic E-state index is 8.54. The van der Waals surface area contributed by atoms with Crippen LogP contribution in [0.4, 0.5) is 0 Å². The Morgan fingerprint density at radius 2 is 2.33 bits per heavy atom. The highest BCUT2D eigenvalue weighted by Crippen LogP contribution is 1.83. The highest BCUT2D eigenvalue weighted by Gasteiger charge is 1.87. The lowest BCUT2D eigenvalue weighted by molar-refractivity contribution is 0.358. The van der Waals surface area contributed by atoms with E-state index >= 15 is 0 Å². The molecule has 0 unspecified atom stereocenters. The molecule has 0 heterocycles. The molecule has 0 amide bonds. The van der Waals surface area contributed by atoms with Gasteiger partial charge in [0.2, 0.25) is 0 Å². The smallest absolute Gasteiger partial charge is 0.0849 e. The second-order valence-corrected chi connectivity index (χ2v) is 1.76. The Bertz CT molecular complexity index is 134. The summed E-state index contributed by atoms with van der Waals surface area (Å²) < 4.78 is 0. The summed E-state index contributed by atoms with van der Waals surface area (Å²) in [6.45, 7) is 1.70. The minimum atomic E-state index is -0.0506. The summed E-state index contributed by atoms with van der Waals surface area (Å²) in [6.07, 6.45) is 1.64. The largest absolute Gasteiger partial charge is 0.402 e. The number of hydrogen-bond donors (Lipinski definition) is 2. The Labute approximate surface area is 54.9 Å². The van der Waals surface area contributed by atoms with Gasteiger partial charge in [-0.1, -0.05) is 0 Å². The summed E-state index contributed by atoms with van der Waals surface area (Å²) in [7, 11) is 1.62. The quantitative estimate of drug-likeness (QED) is 0.511. The molecule has 0 aliphatic heterocycles. The monoisotopic (exact) mass is 128 g/mol. The van der Waals surface area contributed by atoms with Crippen LogP contribution in [0.15, 0.2) is 16.8 Å². The topological polar surface area (TPSA) is 58.6 Å². The van der Waals surface area contributed by atoms with E-state index in [-0.39, 0.29) is 6.61 Å². The van der Waals surface area contributed by atoms with E-state index in [9.17, 15) is 0 Å². The zero-order valence-electron chi connectivity index (χ0n) is 5.76. The normalized spacial score (nSPS) is 14.1. The van der Waals surface area contributed by atoms with Gasteiger partial charge in [0.05, 0.1) is 12.3 Å². The van der Waals surface area contributed by atoms with Gasteiger partial charge in [-0.2, -0.15) is 0 Å². The summed E-state index contributed by atoms with van der Waals surface area (Å²) in [5.74, 6) is 0. The van der Waals surface area contributed by atoms with Gasteiger partial charge in [0, 0.05) is 12.7 Å². The SMILES string of the molecule is CN=C(/C=C(/C)N)CO. The van der Waals surface area contributed by atoms with Gasteiger partial charge in [-0.25, -0.2) is 0 Å². The van der Waals surface area contributed by atoms with E-state index in [0.29, 0.717) is 11.4 Å². The Morgan fingerprint density at radius 3 is 2.44 bits per heavy atom. The zero-order chi connectivity index (χ0) is 7.28. The number of aliphatic imine (C=N–C) groups is 1. The molecular formula is C6H12N2O. The molecule has 0 radical (unpaired) electrons. The molecule has 0 aromatic carbocycles. The van der Waals surface area contributed by atoms with Crippen LogP contribution in [0.1, 0.15) is 6.92 Å². The number of aliphatic hydroxyl groups excluding tert-OH is 1. The average Bonchev–Trinajstić information content (AvgIpc) is 1.82. The summed E-state index contributed by atoms with van der Waals surface area (Å²) in [4.78, 5) is 3.76. The van der Waals surface area contributed by atoms with Crippen molar-refractivity contribution >= 4 is 5.71 Å². The molecule has 0 atom stereocenters. The molecule has 0 aliphatic rings. The first-order chi connectivity index (χ1) is 4.20. The zero-order valence-corrected chi connectivity index (χ0v) is 5.76. The molecular weight excluding hydrogens is 116 g/mol. The molecule has 3 nitrogen and oxygen atoms in total. The van der Waals surface area contributed by atoms with Crippen molar-refractivity contribution in [1.29, 1.82) is 0 Å². The Kier molecular flexibility index (Phi) is 3.71. The molecule has 0 saturated heterocycles. The minimum Gasteiger partial charge on any atom is -0.402 e. The van der Waals surface area contributed by atoms with Gasteiger partial charge in [0.25, 0.3) is 0 Å². The Morgan fingerprint density at radius 1 is 1.78 bits per heavy atom. The fraction of sp³-hybridized carbons (Fsp3) is 0.500. The molecule has 0 aromatic rings. The first kappa shape index (κ1) is 8.17. The number of hydrogen-bond acceptors (Lipinski definition) is 3. The lowest BCUT2D eigenvalue weighted by Crippen LogP contribution is -2.03. The van der Waals surface area contributed by atoms with Gasteiger partial charge >= 0.3 is 0 Å². The fourth-order valence-corrected chi connectivity index (χ4v) is 0.444. The molecule has 9 heavy (non-hydrogen) atoms. The third kappa shape index (κ3) is 3.73. The lowest BCUT2D eigenvalue weighted by Gasteiger charge is -1.92. The molecule has 0 rings (SSSR count). The summed E-state index contributed by atoms with van der Waals surface area (Å²) in [5, 5.41) is 8.54. The highest BCUT2D eigenvalue weighted by molar-refractivity contribution is 5.96. The van der Waals surface area contributed by atoms with Crippen molar-refractivity contribution in [3.63, 3.8) is 0 Å². The maximum Gasteiger partial charge on any atom is 0.0849 e. The van der Waals surface area contributed by atoms with Crippen LogP contribution in [0.2, 0.25) is 0 Å². The van der Waals surface area contributed by atoms with Crippen molar-refractivity contribution < 1.29 is 5.11 Å². The predicted molar refractivity (Wildman–Crippen MR) is 38.4 cm³/mol. The van der Waals surface area contributed by atoms with Crippen molar-refractivity contribution in [3.8, 4) is 0 Å². The van der Waals surface area contributed by atoms with Gasteiger partial charge < -0.3 is 10.8 Å². The molecule has 0 aliphatic carbocycles. The van der Waals surface area contributed by atoms with Gasteiger partial charge in [-0.05, 0) is 13.0 Å². The molecule has 0 saturated carbocycles. The van der Waals surface area contributed by atoms with Crippen LogP contribution in [-0.4, -0.2) is 24.5 Å². The van der Waals surface area contributed by atoms with E-state index in [2.05, 4.69) is 4.99 Å². The van der Waals surface area contributed by atoms with Gasteiger partial charge in [0.15, 0.2) is 0 Å². The molecule has 3 N–H and O–H groups in total. The van der Waals surface area contributed by atoms with E-state index in [1.165, 1.54) is 0 Å². The number of allylic oxidation sites excluding steroid dienone is 1. The third-order valence-electron chi connectivity index (χ3n) is 0.843. The highest BCUT2D eigenvalue weighted by atomic mass is 16.3. The first-order valence-electron chi connectivity index (χ1n) is 2.71. The summed E-state index contributed by atoms with van der Waals surface area (Å²) >= 11 is 0. The van der Waals surface area contributed by atoms with Crippen molar-refractivity contribution in [2.45, 2.75) is 6.92 Å². The van der Waals surface area contributed by atoms with Crippen molar-refractivity contribution in [3.05, 3.63) is 11.8 Å². The predicted octanol–water partition coefficient (Wildman–Crippen LogP) is -0.0880. The van der Waals surface area contributed by atoms with Crippen LogP contribution in [0.5, 0.6) is 0 Å². The lowest BCUT2D eigenvalue weighted by atomic mass is 10.3. The number of aliphatic hydroxyl groups is 1. The Hall–Kier alpha value is -0.830. The van der Waals surface area contributed by atoms with Gasteiger partial charge in [0.1, 0.15) is 0 Å². The molecule has 52 valence electrons. The van der Waals surface area contributed by atoms with Crippen LogP contribution < -0.4 is 5.73 Å². The van der Waals surface area contributed by atoms with Gasteiger partial charge in [-0.15, -0.1) is 0 Å². The van der Waals surface area contributed by atoms with Crippen LogP contribution in [0.3, 0.4) is 0 Å². The van der Waals surface area contributed by atoms with Crippen molar-refractivity contribution in [2.24, 2.45) is 10.7 Å². The molecule has 0 fully saturated rings. The van der Waals surface area contributed by atoms with E-state index in [1.54, 1.807) is 20.0 Å². The van der Waals surface area contributed by atoms with E-state index in [1.807, 2.05) is 0 Å². The van der Waals surface area contributed by atoms with Crippen molar-refractivity contribution in [2.75, 3.05) is 13.7 Å². The molecule has 0 bridgehead atoms. The van der Waals surface area contributed by atoms with Crippen LogP contribution in [0, 0.1) is 0 Å². The number of rotatable bonds is 2. The standard InChI is InChI=1S/C6H12N2O/c1-5(7)3-6(4-9)8-2/h3,9H,4,7H2,1-2H3/b5-3-,8-6?. The first-order valence-corrected chi connectivity index (χ1v) is 2.71. The minimum absolute atomic E-state index is 0.0506. The Balaban J connectivity index is 4.01. The van der Waals surface area contributed by atoms with Gasteiger partial charge in [-0.3, -0.25) is 4.99 Å². The molecule has 0 spiro atoms. The molecule has 3 heteroatoms. The number of nitrogens with two attached hydrogens (primary N) is 1. The van der Waals surface area contributed by atoms with E-state index < -0.39 is 0 Å². The van der Waals surface area contributed by atoms with Crippen LogP contribution >= 0.6 is 0 Å². The van der Waals surface area contributed by atoms with Crippen molar-refractivity contribution in [1.82, 2.24) is 0 Å². The number of nitrogens with zero attached hydrogens (tertiary/aromatic N) is 1.